The molecule has 0 unspecified atom stereocenters. The molecule has 0 amide bonds. The number of rotatable bonds is 1. The van der Waals surface area contributed by atoms with Crippen molar-refractivity contribution in [2.75, 3.05) is 0 Å². The minimum atomic E-state index is -1.57. The fourth-order valence-electron chi connectivity index (χ4n) is 2.06. The lowest BCUT2D eigenvalue weighted by atomic mass is 9.77. The van der Waals surface area contributed by atoms with Gasteiger partial charge in [0.25, 0.3) is 0 Å². The SMILES string of the molecule is OB(O)c1cc(Cl)cc2oc3ccccc3c12. The van der Waals surface area contributed by atoms with Gasteiger partial charge in [-0.05, 0) is 17.6 Å². The summed E-state index contributed by atoms with van der Waals surface area (Å²) in [6, 6.07) is 10.7. The van der Waals surface area contributed by atoms with Gasteiger partial charge in [-0.2, -0.15) is 0 Å². The van der Waals surface area contributed by atoms with Crippen LogP contribution in [0.15, 0.2) is 40.8 Å². The molecule has 5 heteroatoms. The fourth-order valence-corrected chi connectivity index (χ4v) is 2.27. The van der Waals surface area contributed by atoms with Crippen LogP contribution in [0, 0.1) is 0 Å². The van der Waals surface area contributed by atoms with Gasteiger partial charge in [0.05, 0.1) is 0 Å². The molecule has 0 fully saturated rings. The van der Waals surface area contributed by atoms with E-state index >= 15 is 0 Å². The maximum Gasteiger partial charge on any atom is 0.489 e. The Balaban J connectivity index is 2.53. The van der Waals surface area contributed by atoms with Crippen molar-refractivity contribution in [1.82, 2.24) is 0 Å². The minimum Gasteiger partial charge on any atom is -0.456 e. The van der Waals surface area contributed by atoms with E-state index in [2.05, 4.69) is 0 Å². The van der Waals surface area contributed by atoms with E-state index in [9.17, 15) is 10.0 Å². The standard InChI is InChI=1S/C12H8BClO3/c14-7-5-9(13(15)16)12-8-3-1-2-4-10(8)17-11(12)6-7/h1-6,15-16H. The molecule has 0 radical (unpaired) electrons. The Morgan fingerprint density at radius 3 is 2.59 bits per heavy atom. The normalized spacial score (nSPS) is 11.2. The van der Waals surface area contributed by atoms with Crippen molar-refractivity contribution in [3.63, 3.8) is 0 Å². The third kappa shape index (κ3) is 1.62. The van der Waals surface area contributed by atoms with Crippen LogP contribution in [0.4, 0.5) is 0 Å². The minimum absolute atomic E-state index is 0.359. The molecule has 1 aromatic heterocycles. The summed E-state index contributed by atoms with van der Waals surface area (Å²) >= 11 is 5.91. The van der Waals surface area contributed by atoms with Crippen molar-refractivity contribution >= 4 is 46.1 Å². The monoisotopic (exact) mass is 246 g/mol. The van der Waals surface area contributed by atoms with Crippen LogP contribution >= 0.6 is 11.6 Å². The maximum atomic E-state index is 9.38. The lowest BCUT2D eigenvalue weighted by Gasteiger charge is -2.02. The summed E-state index contributed by atoms with van der Waals surface area (Å²) in [7, 11) is -1.57. The summed E-state index contributed by atoms with van der Waals surface area (Å²) in [6.45, 7) is 0. The average molecular weight is 246 g/mol. The van der Waals surface area contributed by atoms with Crippen molar-refractivity contribution in [2.45, 2.75) is 0 Å². The summed E-state index contributed by atoms with van der Waals surface area (Å²) in [5, 5.41) is 20.7. The molecule has 3 aromatic rings. The lowest BCUT2D eigenvalue weighted by Crippen LogP contribution is -2.30. The molecule has 17 heavy (non-hydrogen) atoms. The van der Waals surface area contributed by atoms with E-state index in [1.54, 1.807) is 6.07 Å². The average Bonchev–Trinajstić information content (AvgIpc) is 2.65. The Hall–Kier alpha value is -1.49. The van der Waals surface area contributed by atoms with Gasteiger partial charge in [0.1, 0.15) is 11.2 Å². The van der Waals surface area contributed by atoms with Crippen LogP contribution in [-0.4, -0.2) is 17.2 Å². The molecule has 84 valence electrons. The smallest absolute Gasteiger partial charge is 0.456 e. The summed E-state index contributed by atoms with van der Waals surface area (Å²) in [4.78, 5) is 0. The Bertz CT molecular complexity index is 705. The molecule has 0 saturated heterocycles. The molecule has 2 N–H and O–H groups in total. The molecule has 0 spiro atoms. The van der Waals surface area contributed by atoms with Crippen LogP contribution in [0.3, 0.4) is 0 Å². The van der Waals surface area contributed by atoms with E-state index in [4.69, 9.17) is 16.0 Å². The van der Waals surface area contributed by atoms with E-state index in [0.29, 0.717) is 27.0 Å². The first-order valence-electron chi connectivity index (χ1n) is 5.13. The van der Waals surface area contributed by atoms with Crippen LogP contribution in [0.25, 0.3) is 21.9 Å². The lowest BCUT2D eigenvalue weighted by molar-refractivity contribution is 0.426. The van der Waals surface area contributed by atoms with Crippen molar-refractivity contribution in [3.05, 3.63) is 41.4 Å². The van der Waals surface area contributed by atoms with Crippen LogP contribution in [-0.2, 0) is 0 Å². The Morgan fingerprint density at radius 2 is 1.82 bits per heavy atom. The Kier molecular flexibility index (Phi) is 2.36. The summed E-state index contributed by atoms with van der Waals surface area (Å²) in [5.41, 5.74) is 1.62. The third-order valence-electron chi connectivity index (χ3n) is 2.75. The first-order valence-corrected chi connectivity index (χ1v) is 5.51. The summed E-state index contributed by atoms with van der Waals surface area (Å²) in [6.07, 6.45) is 0. The predicted octanol–water partition coefficient (Wildman–Crippen LogP) is 1.92. The second kappa shape index (κ2) is 3.77. The first kappa shape index (κ1) is 10.7. The second-order valence-electron chi connectivity index (χ2n) is 3.84. The van der Waals surface area contributed by atoms with E-state index in [-0.39, 0.29) is 0 Å². The zero-order valence-electron chi connectivity index (χ0n) is 8.72. The Labute approximate surface area is 102 Å². The molecule has 0 saturated carbocycles. The van der Waals surface area contributed by atoms with Gasteiger partial charge >= 0.3 is 7.12 Å². The van der Waals surface area contributed by atoms with Crippen molar-refractivity contribution in [1.29, 1.82) is 0 Å². The number of hydrogen-bond donors (Lipinski definition) is 2. The first-order chi connectivity index (χ1) is 8.16. The van der Waals surface area contributed by atoms with Gasteiger partial charge in [-0.25, -0.2) is 0 Å². The van der Waals surface area contributed by atoms with E-state index in [1.807, 2.05) is 24.3 Å². The van der Waals surface area contributed by atoms with Crippen LogP contribution in [0.5, 0.6) is 0 Å². The molecule has 0 aliphatic carbocycles. The highest BCUT2D eigenvalue weighted by molar-refractivity contribution is 6.63. The molecule has 0 aliphatic heterocycles. The predicted molar refractivity (Wildman–Crippen MR) is 68.6 cm³/mol. The van der Waals surface area contributed by atoms with Gasteiger partial charge in [0, 0.05) is 21.9 Å². The van der Waals surface area contributed by atoms with Crippen LogP contribution in [0.1, 0.15) is 0 Å². The topological polar surface area (TPSA) is 53.6 Å². The third-order valence-corrected chi connectivity index (χ3v) is 2.97. The molecule has 0 bridgehead atoms. The summed E-state index contributed by atoms with van der Waals surface area (Å²) in [5.74, 6) is 0. The van der Waals surface area contributed by atoms with Gasteiger partial charge < -0.3 is 14.5 Å². The van der Waals surface area contributed by atoms with Gasteiger partial charge in [0.2, 0.25) is 0 Å². The van der Waals surface area contributed by atoms with Crippen LogP contribution in [0.2, 0.25) is 5.02 Å². The molecular formula is C12H8BClO3. The number of benzene rings is 2. The van der Waals surface area contributed by atoms with Gasteiger partial charge in [-0.15, -0.1) is 0 Å². The van der Waals surface area contributed by atoms with Crippen molar-refractivity contribution < 1.29 is 14.5 Å². The molecule has 3 rings (SSSR count). The van der Waals surface area contributed by atoms with Crippen LogP contribution < -0.4 is 5.46 Å². The largest absolute Gasteiger partial charge is 0.489 e. The zero-order chi connectivity index (χ0) is 12.0. The Morgan fingerprint density at radius 1 is 1.06 bits per heavy atom. The summed E-state index contributed by atoms with van der Waals surface area (Å²) < 4.78 is 5.62. The highest BCUT2D eigenvalue weighted by Gasteiger charge is 2.20. The molecular weight excluding hydrogens is 238 g/mol. The second-order valence-corrected chi connectivity index (χ2v) is 4.28. The molecule has 3 nitrogen and oxygen atoms in total. The molecule has 2 aromatic carbocycles. The number of fused-ring (bicyclic) bond motifs is 3. The van der Waals surface area contributed by atoms with Crippen molar-refractivity contribution in [2.24, 2.45) is 0 Å². The molecule has 0 aliphatic rings. The molecule has 1 heterocycles. The number of halogens is 1. The van der Waals surface area contributed by atoms with E-state index in [1.165, 1.54) is 6.07 Å². The van der Waals surface area contributed by atoms with Crippen molar-refractivity contribution in [3.8, 4) is 0 Å². The maximum absolute atomic E-state index is 9.38. The number of hydrogen-bond acceptors (Lipinski definition) is 3. The van der Waals surface area contributed by atoms with E-state index in [0.717, 1.165) is 5.39 Å². The quantitative estimate of drug-likeness (QED) is 0.645. The number of furan rings is 1. The van der Waals surface area contributed by atoms with Gasteiger partial charge in [-0.1, -0.05) is 29.8 Å². The zero-order valence-corrected chi connectivity index (χ0v) is 9.48. The fraction of sp³-hybridized carbons (Fsp3) is 0. The molecule has 0 atom stereocenters. The van der Waals surface area contributed by atoms with Gasteiger partial charge in [0.15, 0.2) is 0 Å². The highest BCUT2D eigenvalue weighted by Crippen LogP contribution is 2.29. The number of para-hydroxylation sites is 1. The highest BCUT2D eigenvalue weighted by atomic mass is 35.5. The van der Waals surface area contributed by atoms with E-state index < -0.39 is 7.12 Å². The van der Waals surface area contributed by atoms with Gasteiger partial charge in [-0.3, -0.25) is 0 Å².